The van der Waals surface area contributed by atoms with E-state index in [9.17, 15) is 4.79 Å². The molecule has 78 valence electrons. The monoisotopic (exact) mass is 185 g/mol. The van der Waals surface area contributed by atoms with Gasteiger partial charge in [0.15, 0.2) is 0 Å². The third-order valence-corrected chi connectivity index (χ3v) is 2.01. The largest absolute Gasteiger partial charge is 0.298 e. The van der Waals surface area contributed by atoms with Crippen molar-refractivity contribution in [1.29, 1.82) is 0 Å². The Morgan fingerprint density at radius 3 is 1.92 bits per heavy atom. The lowest BCUT2D eigenvalue weighted by Gasteiger charge is -2.19. The predicted octanol–water partition coefficient (Wildman–Crippen LogP) is 2.48. The fraction of sp³-hybridized carbons (Fsp3) is 0.909. The molecule has 0 aromatic carbocycles. The molecule has 0 N–H and O–H groups in total. The van der Waals surface area contributed by atoms with Gasteiger partial charge < -0.3 is 0 Å². The molecule has 0 atom stereocenters. The van der Waals surface area contributed by atoms with Crippen LogP contribution in [-0.4, -0.2) is 30.3 Å². The Kier molecular flexibility index (Phi) is 8.00. The fourth-order valence-electron chi connectivity index (χ4n) is 1.51. The standard InChI is InChI=1S/C11H23NO/c1-4-7-11(13)10-12(8-5-2)9-6-3/h4-10H2,1-3H3. The first-order valence-electron chi connectivity index (χ1n) is 5.48. The Labute approximate surface area is 82.3 Å². The van der Waals surface area contributed by atoms with Gasteiger partial charge in [0.1, 0.15) is 5.78 Å². The van der Waals surface area contributed by atoms with Crippen LogP contribution in [0, 0.1) is 0 Å². The highest BCUT2D eigenvalue weighted by atomic mass is 16.1. The summed E-state index contributed by atoms with van der Waals surface area (Å²) in [5, 5.41) is 0. The van der Waals surface area contributed by atoms with Gasteiger partial charge in [0.25, 0.3) is 0 Å². The second-order valence-corrected chi connectivity index (χ2v) is 3.56. The van der Waals surface area contributed by atoms with E-state index in [1.54, 1.807) is 0 Å². The van der Waals surface area contributed by atoms with Crippen LogP contribution in [0.5, 0.6) is 0 Å². The minimum Gasteiger partial charge on any atom is -0.298 e. The third-order valence-electron chi connectivity index (χ3n) is 2.01. The molecule has 0 aliphatic carbocycles. The van der Waals surface area contributed by atoms with Gasteiger partial charge in [0.2, 0.25) is 0 Å². The summed E-state index contributed by atoms with van der Waals surface area (Å²) in [7, 11) is 0. The van der Waals surface area contributed by atoms with Gasteiger partial charge in [-0.2, -0.15) is 0 Å². The molecule has 0 aromatic heterocycles. The van der Waals surface area contributed by atoms with E-state index in [0.29, 0.717) is 12.3 Å². The van der Waals surface area contributed by atoms with Gasteiger partial charge in [-0.1, -0.05) is 20.8 Å². The number of hydrogen-bond acceptors (Lipinski definition) is 2. The van der Waals surface area contributed by atoms with E-state index in [2.05, 4.69) is 25.7 Å². The minimum absolute atomic E-state index is 0.393. The minimum atomic E-state index is 0.393. The number of hydrogen-bond donors (Lipinski definition) is 0. The van der Waals surface area contributed by atoms with E-state index in [1.165, 1.54) is 0 Å². The second kappa shape index (κ2) is 8.24. The van der Waals surface area contributed by atoms with Crippen LogP contribution in [0.3, 0.4) is 0 Å². The van der Waals surface area contributed by atoms with Crippen LogP contribution in [0.25, 0.3) is 0 Å². The van der Waals surface area contributed by atoms with Crippen molar-refractivity contribution >= 4 is 5.78 Å². The number of carbonyl (C=O) groups is 1. The number of carbonyl (C=O) groups excluding carboxylic acids is 1. The zero-order valence-corrected chi connectivity index (χ0v) is 9.31. The van der Waals surface area contributed by atoms with Crippen molar-refractivity contribution in [3.63, 3.8) is 0 Å². The first-order valence-corrected chi connectivity index (χ1v) is 5.48. The molecule has 0 fully saturated rings. The Morgan fingerprint density at radius 1 is 1.00 bits per heavy atom. The van der Waals surface area contributed by atoms with Crippen molar-refractivity contribution in [2.45, 2.75) is 46.5 Å². The lowest BCUT2D eigenvalue weighted by Crippen LogP contribution is -2.31. The molecule has 0 aliphatic rings. The van der Waals surface area contributed by atoms with Crippen molar-refractivity contribution in [3.8, 4) is 0 Å². The molecule has 0 radical (unpaired) electrons. The van der Waals surface area contributed by atoms with E-state index in [4.69, 9.17) is 0 Å². The lowest BCUT2D eigenvalue weighted by molar-refractivity contribution is -0.120. The quantitative estimate of drug-likeness (QED) is 0.579. The highest BCUT2D eigenvalue weighted by molar-refractivity contribution is 5.80. The van der Waals surface area contributed by atoms with Crippen molar-refractivity contribution in [1.82, 2.24) is 4.90 Å². The van der Waals surface area contributed by atoms with Gasteiger partial charge >= 0.3 is 0 Å². The molecule has 13 heavy (non-hydrogen) atoms. The first-order chi connectivity index (χ1) is 6.24. The average molecular weight is 185 g/mol. The smallest absolute Gasteiger partial charge is 0.146 e. The highest BCUT2D eigenvalue weighted by Gasteiger charge is 2.07. The molecule has 0 saturated carbocycles. The maximum absolute atomic E-state index is 11.4. The molecular weight excluding hydrogens is 162 g/mol. The van der Waals surface area contributed by atoms with Gasteiger partial charge in [-0.15, -0.1) is 0 Å². The topological polar surface area (TPSA) is 20.3 Å². The van der Waals surface area contributed by atoms with Gasteiger partial charge in [-0.05, 0) is 32.4 Å². The molecule has 0 bridgehead atoms. The Bertz CT molecular complexity index is 128. The summed E-state index contributed by atoms with van der Waals surface area (Å²) in [5.41, 5.74) is 0. The SMILES string of the molecule is CCCC(=O)CN(CCC)CCC. The predicted molar refractivity (Wildman–Crippen MR) is 56.9 cm³/mol. The Balaban J connectivity index is 3.71. The highest BCUT2D eigenvalue weighted by Crippen LogP contribution is 1.97. The number of rotatable bonds is 8. The molecular formula is C11H23NO. The Morgan fingerprint density at radius 2 is 1.54 bits per heavy atom. The molecule has 0 spiro atoms. The number of ketones is 1. The number of nitrogens with zero attached hydrogens (tertiary/aromatic N) is 1. The van der Waals surface area contributed by atoms with Crippen LogP contribution in [0.15, 0.2) is 0 Å². The van der Waals surface area contributed by atoms with E-state index in [1.807, 2.05) is 0 Å². The van der Waals surface area contributed by atoms with Crippen LogP contribution in [0.4, 0.5) is 0 Å². The molecule has 0 saturated heterocycles. The van der Waals surface area contributed by atoms with Crippen LogP contribution in [0.1, 0.15) is 46.5 Å². The van der Waals surface area contributed by atoms with Crippen molar-refractivity contribution in [3.05, 3.63) is 0 Å². The lowest BCUT2D eigenvalue weighted by atomic mass is 10.2. The van der Waals surface area contributed by atoms with E-state index in [-0.39, 0.29) is 0 Å². The van der Waals surface area contributed by atoms with Gasteiger partial charge in [0, 0.05) is 6.42 Å². The zero-order valence-electron chi connectivity index (χ0n) is 9.31. The molecule has 2 nitrogen and oxygen atoms in total. The maximum Gasteiger partial charge on any atom is 0.146 e. The molecule has 0 rings (SSSR count). The summed E-state index contributed by atoms with van der Waals surface area (Å²) < 4.78 is 0. The maximum atomic E-state index is 11.4. The Hall–Kier alpha value is -0.370. The summed E-state index contributed by atoms with van der Waals surface area (Å²) in [5.74, 6) is 0.393. The summed E-state index contributed by atoms with van der Waals surface area (Å²) in [6.45, 7) is 9.16. The van der Waals surface area contributed by atoms with Gasteiger partial charge in [-0.3, -0.25) is 9.69 Å². The van der Waals surface area contributed by atoms with E-state index >= 15 is 0 Å². The molecule has 0 aromatic rings. The molecule has 0 heterocycles. The third kappa shape index (κ3) is 6.76. The van der Waals surface area contributed by atoms with Crippen LogP contribution in [0.2, 0.25) is 0 Å². The van der Waals surface area contributed by atoms with Crippen molar-refractivity contribution in [2.75, 3.05) is 19.6 Å². The van der Waals surface area contributed by atoms with Crippen LogP contribution < -0.4 is 0 Å². The summed E-state index contributed by atoms with van der Waals surface area (Å²) in [6.07, 6.45) is 3.99. The average Bonchev–Trinajstić information content (AvgIpc) is 2.05. The van der Waals surface area contributed by atoms with Crippen LogP contribution >= 0.6 is 0 Å². The molecule has 2 heteroatoms. The van der Waals surface area contributed by atoms with E-state index < -0.39 is 0 Å². The number of Topliss-reactive ketones (excluding diaryl/α,β-unsaturated/α-hetero) is 1. The second-order valence-electron chi connectivity index (χ2n) is 3.56. The van der Waals surface area contributed by atoms with Gasteiger partial charge in [-0.25, -0.2) is 0 Å². The summed E-state index contributed by atoms with van der Waals surface area (Å²) >= 11 is 0. The zero-order chi connectivity index (χ0) is 10.1. The summed E-state index contributed by atoms with van der Waals surface area (Å²) in [6, 6.07) is 0. The molecule has 0 unspecified atom stereocenters. The normalized spacial score (nSPS) is 10.8. The fourth-order valence-corrected chi connectivity index (χ4v) is 1.51. The van der Waals surface area contributed by atoms with Gasteiger partial charge in [0.05, 0.1) is 6.54 Å². The molecule has 0 aliphatic heterocycles. The van der Waals surface area contributed by atoms with Crippen molar-refractivity contribution in [2.24, 2.45) is 0 Å². The van der Waals surface area contributed by atoms with E-state index in [0.717, 1.165) is 38.8 Å². The summed E-state index contributed by atoms with van der Waals surface area (Å²) in [4.78, 5) is 13.6. The molecule has 0 amide bonds. The van der Waals surface area contributed by atoms with Crippen molar-refractivity contribution < 1.29 is 4.79 Å². The van der Waals surface area contributed by atoms with Crippen LogP contribution in [-0.2, 0) is 4.79 Å². The first kappa shape index (κ1) is 12.6.